The maximum atomic E-state index is 9.46. The van der Waals surface area contributed by atoms with Crippen molar-refractivity contribution in [1.82, 2.24) is 5.32 Å². The van der Waals surface area contributed by atoms with Crippen LogP contribution in [-0.2, 0) is 0 Å². The quantitative estimate of drug-likeness (QED) is 0.788. The minimum Gasteiger partial charge on any atom is -0.395 e. The van der Waals surface area contributed by atoms with Crippen LogP contribution in [0, 0.1) is 11.3 Å². The first-order valence-corrected chi connectivity index (χ1v) is 7.57. The zero-order chi connectivity index (χ0) is 12.3. The predicted octanol–water partition coefficient (Wildman–Crippen LogP) is 2.06. The van der Waals surface area contributed by atoms with Crippen molar-refractivity contribution in [3.63, 3.8) is 0 Å². The van der Waals surface area contributed by atoms with E-state index in [2.05, 4.69) is 18.3 Å². The lowest BCUT2D eigenvalue weighted by Crippen LogP contribution is -2.49. The van der Waals surface area contributed by atoms with E-state index in [1.165, 1.54) is 19.3 Å². The third-order valence-electron chi connectivity index (χ3n) is 3.66. The molecule has 3 nitrogen and oxygen atoms in total. The molecule has 0 aromatic rings. The SMILES string of the molecule is CC(CO)SC1CCCC(C#N)(NC2CC2)C1. The average Bonchev–Trinajstić information content (AvgIpc) is 3.13. The third-order valence-corrected chi connectivity index (χ3v) is 5.06. The Kier molecular flexibility index (Phi) is 4.35. The van der Waals surface area contributed by atoms with E-state index in [0.29, 0.717) is 11.3 Å². The lowest BCUT2D eigenvalue weighted by Gasteiger charge is -2.37. The van der Waals surface area contributed by atoms with Gasteiger partial charge in [-0.3, -0.25) is 5.32 Å². The van der Waals surface area contributed by atoms with Crippen LogP contribution >= 0.6 is 11.8 Å². The monoisotopic (exact) mass is 254 g/mol. The lowest BCUT2D eigenvalue weighted by molar-refractivity contribution is 0.291. The summed E-state index contributed by atoms with van der Waals surface area (Å²) in [6, 6.07) is 3.11. The Hall–Kier alpha value is -0.240. The summed E-state index contributed by atoms with van der Waals surface area (Å²) in [4.78, 5) is 0. The molecular formula is C13H22N2OS. The van der Waals surface area contributed by atoms with E-state index >= 15 is 0 Å². The van der Waals surface area contributed by atoms with Crippen molar-refractivity contribution in [3.05, 3.63) is 0 Å². The van der Waals surface area contributed by atoms with Gasteiger partial charge in [-0.1, -0.05) is 6.92 Å². The van der Waals surface area contributed by atoms with Crippen LogP contribution in [0.5, 0.6) is 0 Å². The van der Waals surface area contributed by atoms with Crippen LogP contribution in [0.15, 0.2) is 0 Å². The van der Waals surface area contributed by atoms with Gasteiger partial charge in [0.05, 0.1) is 12.7 Å². The molecule has 3 atom stereocenters. The van der Waals surface area contributed by atoms with Crippen molar-refractivity contribution < 1.29 is 5.11 Å². The molecule has 2 rings (SSSR count). The average molecular weight is 254 g/mol. The molecule has 17 heavy (non-hydrogen) atoms. The van der Waals surface area contributed by atoms with Crippen LogP contribution in [-0.4, -0.2) is 33.8 Å². The van der Waals surface area contributed by atoms with E-state index in [4.69, 9.17) is 5.11 Å². The molecule has 0 aliphatic heterocycles. The van der Waals surface area contributed by atoms with E-state index in [1.807, 2.05) is 11.8 Å². The molecule has 2 aliphatic rings. The van der Waals surface area contributed by atoms with Gasteiger partial charge in [-0.2, -0.15) is 17.0 Å². The molecule has 0 spiro atoms. The Morgan fingerprint density at radius 3 is 2.88 bits per heavy atom. The standard InChI is InChI=1S/C13H22N2OS/c1-10(8-16)17-12-3-2-6-13(7-12,9-14)15-11-4-5-11/h10-12,15-16H,2-8H2,1H3. The number of nitrogens with zero attached hydrogens (tertiary/aromatic N) is 1. The summed E-state index contributed by atoms with van der Waals surface area (Å²) in [6.45, 7) is 2.29. The molecule has 3 unspecified atom stereocenters. The van der Waals surface area contributed by atoms with Crippen LogP contribution in [0.3, 0.4) is 0 Å². The number of thioether (sulfide) groups is 1. The molecule has 0 aromatic heterocycles. The second-order valence-corrected chi connectivity index (χ2v) is 7.20. The molecular weight excluding hydrogens is 232 g/mol. The van der Waals surface area contributed by atoms with E-state index in [-0.39, 0.29) is 17.4 Å². The van der Waals surface area contributed by atoms with Gasteiger partial charge in [0, 0.05) is 16.5 Å². The van der Waals surface area contributed by atoms with Gasteiger partial charge in [0.2, 0.25) is 0 Å². The number of aliphatic hydroxyl groups excluding tert-OH is 1. The highest BCUT2D eigenvalue weighted by Crippen LogP contribution is 2.38. The Morgan fingerprint density at radius 2 is 2.29 bits per heavy atom. The van der Waals surface area contributed by atoms with Gasteiger partial charge in [0.25, 0.3) is 0 Å². The lowest BCUT2D eigenvalue weighted by atomic mass is 9.82. The van der Waals surface area contributed by atoms with Gasteiger partial charge in [-0.05, 0) is 38.5 Å². The van der Waals surface area contributed by atoms with E-state index < -0.39 is 0 Å². The zero-order valence-corrected chi connectivity index (χ0v) is 11.3. The molecule has 2 N–H and O–H groups in total. The van der Waals surface area contributed by atoms with Gasteiger partial charge in [0.1, 0.15) is 5.54 Å². The molecule has 2 aliphatic carbocycles. The van der Waals surface area contributed by atoms with Crippen molar-refractivity contribution in [2.24, 2.45) is 0 Å². The highest BCUT2D eigenvalue weighted by molar-refractivity contribution is 8.00. The molecule has 2 fully saturated rings. The maximum Gasteiger partial charge on any atom is 0.108 e. The molecule has 0 amide bonds. The maximum absolute atomic E-state index is 9.46. The number of nitrogens with one attached hydrogen (secondary N) is 1. The fourth-order valence-corrected chi connectivity index (χ4v) is 4.02. The first-order valence-electron chi connectivity index (χ1n) is 6.63. The van der Waals surface area contributed by atoms with Crippen molar-refractivity contribution in [2.75, 3.05) is 6.61 Å². The Morgan fingerprint density at radius 1 is 1.53 bits per heavy atom. The molecule has 4 heteroatoms. The van der Waals surface area contributed by atoms with Gasteiger partial charge < -0.3 is 5.11 Å². The van der Waals surface area contributed by atoms with Crippen LogP contribution in [0.4, 0.5) is 0 Å². The van der Waals surface area contributed by atoms with Crippen molar-refractivity contribution in [3.8, 4) is 6.07 Å². The van der Waals surface area contributed by atoms with E-state index in [9.17, 15) is 5.26 Å². The molecule has 0 heterocycles. The summed E-state index contributed by atoms with van der Waals surface area (Å²) in [5, 5.41) is 22.9. The van der Waals surface area contributed by atoms with Crippen LogP contribution in [0.2, 0.25) is 0 Å². The topological polar surface area (TPSA) is 56.0 Å². The van der Waals surface area contributed by atoms with E-state index in [1.54, 1.807) is 0 Å². The first-order chi connectivity index (χ1) is 8.17. The number of nitriles is 1. The summed E-state index contributed by atoms with van der Waals surface area (Å²) < 4.78 is 0. The molecule has 0 saturated heterocycles. The summed E-state index contributed by atoms with van der Waals surface area (Å²) in [7, 11) is 0. The Labute approximate surface area is 108 Å². The largest absolute Gasteiger partial charge is 0.395 e. The van der Waals surface area contributed by atoms with Crippen molar-refractivity contribution in [1.29, 1.82) is 5.26 Å². The number of hydrogen-bond donors (Lipinski definition) is 2. The van der Waals surface area contributed by atoms with Crippen molar-refractivity contribution >= 4 is 11.8 Å². The van der Waals surface area contributed by atoms with Crippen LogP contribution in [0.25, 0.3) is 0 Å². The fourth-order valence-electron chi connectivity index (χ4n) is 2.60. The minimum absolute atomic E-state index is 0.233. The van der Waals surface area contributed by atoms with E-state index in [0.717, 1.165) is 19.3 Å². The van der Waals surface area contributed by atoms with Gasteiger partial charge in [0.15, 0.2) is 0 Å². The summed E-state index contributed by atoms with van der Waals surface area (Å²) in [5.74, 6) is 0. The summed E-state index contributed by atoms with van der Waals surface area (Å²) >= 11 is 1.84. The predicted molar refractivity (Wildman–Crippen MR) is 70.9 cm³/mol. The summed E-state index contributed by atoms with van der Waals surface area (Å²) in [5.41, 5.74) is -0.285. The zero-order valence-electron chi connectivity index (χ0n) is 10.5. The highest BCUT2D eigenvalue weighted by Gasteiger charge is 2.40. The molecule has 96 valence electrons. The Balaban J connectivity index is 1.91. The van der Waals surface area contributed by atoms with Gasteiger partial charge in [-0.25, -0.2) is 0 Å². The number of hydrogen-bond acceptors (Lipinski definition) is 4. The van der Waals surface area contributed by atoms with Crippen LogP contribution in [0.1, 0.15) is 45.4 Å². The smallest absolute Gasteiger partial charge is 0.108 e. The molecule has 2 saturated carbocycles. The highest BCUT2D eigenvalue weighted by atomic mass is 32.2. The minimum atomic E-state index is -0.285. The van der Waals surface area contributed by atoms with Gasteiger partial charge >= 0.3 is 0 Å². The number of rotatable bonds is 5. The normalized spacial score (nSPS) is 35.2. The second-order valence-electron chi connectivity index (χ2n) is 5.46. The van der Waals surface area contributed by atoms with Crippen LogP contribution < -0.4 is 5.32 Å². The van der Waals surface area contributed by atoms with Gasteiger partial charge in [-0.15, -0.1) is 0 Å². The summed E-state index contributed by atoms with van der Waals surface area (Å²) in [6.07, 6.45) is 6.70. The molecule has 0 radical (unpaired) electrons. The molecule has 0 bridgehead atoms. The third kappa shape index (κ3) is 3.61. The second kappa shape index (κ2) is 5.60. The first kappa shape index (κ1) is 13.2. The fraction of sp³-hybridized carbons (Fsp3) is 0.923. The Bertz CT molecular complexity index is 300. The molecule has 0 aromatic carbocycles. The number of aliphatic hydroxyl groups is 1. The van der Waals surface area contributed by atoms with Crippen molar-refractivity contribution in [2.45, 2.75) is 67.5 Å².